The molecule has 1 saturated carbocycles. The first kappa shape index (κ1) is 22.0. The van der Waals surface area contributed by atoms with E-state index in [1.165, 1.54) is 82.6 Å². The first-order chi connectivity index (χ1) is 12.9. The Morgan fingerprint density at radius 1 is 0.926 bits per heavy atom. The van der Waals surface area contributed by atoms with Gasteiger partial charge in [-0.05, 0) is 43.1 Å². The van der Waals surface area contributed by atoms with Gasteiger partial charge in [0.2, 0.25) is 5.78 Å². The number of unbranched alkanes of at least 4 members (excludes halogenated alkanes) is 6. The van der Waals surface area contributed by atoms with Crippen molar-refractivity contribution in [2.24, 2.45) is 5.92 Å². The number of alkyl halides is 2. The average Bonchev–Trinajstić information content (AvgIpc) is 2.67. The van der Waals surface area contributed by atoms with Gasteiger partial charge in [0, 0.05) is 12.5 Å². The fourth-order valence-corrected chi connectivity index (χ4v) is 4.33. The van der Waals surface area contributed by atoms with Gasteiger partial charge >= 0.3 is 5.92 Å². The summed E-state index contributed by atoms with van der Waals surface area (Å²) in [5, 5.41) is 0. The Morgan fingerprint density at radius 3 is 2.04 bits per heavy atom. The maximum atomic E-state index is 13.2. The molecular formula is C24H36F2O. The minimum Gasteiger partial charge on any atom is -0.287 e. The lowest BCUT2D eigenvalue weighted by atomic mass is 9.77. The lowest BCUT2D eigenvalue weighted by Crippen LogP contribution is -2.24. The Hall–Kier alpha value is -1.25. The second-order valence-electron chi connectivity index (χ2n) is 8.47. The summed E-state index contributed by atoms with van der Waals surface area (Å²) in [4.78, 5) is 11.6. The average molecular weight is 379 g/mol. The molecule has 0 atom stereocenters. The number of hydrogen-bond acceptors (Lipinski definition) is 1. The molecule has 0 bridgehead atoms. The summed E-state index contributed by atoms with van der Waals surface area (Å²) in [5.41, 5.74) is 1.30. The smallest absolute Gasteiger partial charge is 0.287 e. The predicted molar refractivity (Wildman–Crippen MR) is 109 cm³/mol. The predicted octanol–water partition coefficient (Wildman–Crippen LogP) is 7.94. The monoisotopic (exact) mass is 378 g/mol. The van der Waals surface area contributed by atoms with Gasteiger partial charge in [0.15, 0.2) is 0 Å². The molecule has 0 heterocycles. The molecular weight excluding hydrogens is 342 g/mol. The Kier molecular flexibility index (Phi) is 8.92. The molecule has 1 aliphatic carbocycles. The van der Waals surface area contributed by atoms with Crippen LogP contribution in [0.1, 0.15) is 113 Å². The highest BCUT2D eigenvalue weighted by Gasteiger charge is 2.33. The molecule has 1 aromatic carbocycles. The van der Waals surface area contributed by atoms with Gasteiger partial charge in [-0.3, -0.25) is 4.79 Å². The van der Waals surface area contributed by atoms with E-state index in [1.54, 1.807) is 12.1 Å². The number of hydrogen-bond donors (Lipinski definition) is 0. The lowest BCUT2D eigenvalue weighted by molar-refractivity contribution is 0.0221. The van der Waals surface area contributed by atoms with Gasteiger partial charge in [-0.2, -0.15) is 8.78 Å². The van der Waals surface area contributed by atoms with Crippen LogP contribution in [0.3, 0.4) is 0 Å². The van der Waals surface area contributed by atoms with Crippen molar-refractivity contribution in [1.29, 1.82) is 0 Å². The highest BCUT2D eigenvalue weighted by molar-refractivity contribution is 6.01. The van der Waals surface area contributed by atoms with Crippen LogP contribution in [0, 0.1) is 5.92 Å². The van der Waals surface area contributed by atoms with E-state index in [4.69, 9.17) is 0 Å². The fraction of sp³-hybridized carbons (Fsp3) is 0.708. The van der Waals surface area contributed by atoms with Gasteiger partial charge in [0.05, 0.1) is 0 Å². The Labute approximate surface area is 163 Å². The first-order valence-electron chi connectivity index (χ1n) is 10.9. The van der Waals surface area contributed by atoms with Crippen LogP contribution in [0.2, 0.25) is 0 Å². The van der Waals surface area contributed by atoms with E-state index in [1.807, 2.05) is 12.1 Å². The maximum absolute atomic E-state index is 13.2. The number of rotatable bonds is 11. The molecule has 0 aliphatic heterocycles. The molecule has 152 valence electrons. The first-order valence-corrected chi connectivity index (χ1v) is 10.9. The van der Waals surface area contributed by atoms with E-state index in [0.29, 0.717) is 12.8 Å². The molecule has 1 fully saturated rings. The van der Waals surface area contributed by atoms with Gasteiger partial charge in [-0.1, -0.05) is 82.6 Å². The van der Waals surface area contributed by atoms with E-state index < -0.39 is 11.7 Å². The van der Waals surface area contributed by atoms with Crippen molar-refractivity contribution in [1.82, 2.24) is 0 Å². The molecule has 0 saturated heterocycles. The second kappa shape index (κ2) is 10.9. The van der Waals surface area contributed by atoms with Crippen molar-refractivity contribution in [2.75, 3.05) is 0 Å². The summed E-state index contributed by atoms with van der Waals surface area (Å²) in [5.74, 6) is -3.01. The molecule has 3 heteroatoms. The van der Waals surface area contributed by atoms with Crippen molar-refractivity contribution in [3.8, 4) is 0 Å². The number of Topliss-reactive ketones (excluding diaryl/α,β-unsaturated/α-hetero) is 1. The Balaban J connectivity index is 1.69. The summed E-state index contributed by atoms with van der Waals surface area (Å²) in [6.45, 7) is 2.92. The van der Waals surface area contributed by atoms with Crippen molar-refractivity contribution >= 4 is 5.78 Å². The Bertz CT molecular complexity index is 551. The van der Waals surface area contributed by atoms with Crippen molar-refractivity contribution < 1.29 is 13.6 Å². The van der Waals surface area contributed by atoms with E-state index >= 15 is 0 Å². The van der Waals surface area contributed by atoms with Crippen LogP contribution in [0.25, 0.3) is 0 Å². The minimum atomic E-state index is -3.30. The minimum absolute atomic E-state index is 0.110. The molecule has 0 N–H and O–H groups in total. The van der Waals surface area contributed by atoms with Crippen LogP contribution in [-0.4, -0.2) is 11.7 Å². The highest BCUT2D eigenvalue weighted by atomic mass is 19.3. The largest absolute Gasteiger partial charge is 0.307 e. The number of carbonyl (C=O) groups is 1. The van der Waals surface area contributed by atoms with E-state index in [0.717, 1.165) is 5.92 Å². The molecule has 1 nitrogen and oxygen atoms in total. The molecule has 1 aliphatic rings. The normalized spacial score (nSPS) is 20.6. The molecule has 0 radical (unpaired) electrons. The zero-order valence-electron chi connectivity index (χ0n) is 17.1. The third-order valence-corrected chi connectivity index (χ3v) is 6.11. The van der Waals surface area contributed by atoms with Crippen molar-refractivity contribution in [3.63, 3.8) is 0 Å². The van der Waals surface area contributed by atoms with Gasteiger partial charge in [-0.15, -0.1) is 0 Å². The van der Waals surface area contributed by atoms with Gasteiger partial charge in [-0.25, -0.2) is 0 Å². The molecule has 0 amide bonds. The van der Waals surface area contributed by atoms with Gasteiger partial charge < -0.3 is 0 Å². The topological polar surface area (TPSA) is 17.1 Å². The zero-order valence-corrected chi connectivity index (χ0v) is 17.1. The van der Waals surface area contributed by atoms with Crippen LogP contribution >= 0.6 is 0 Å². The summed E-state index contributed by atoms with van der Waals surface area (Å²) in [6, 6.07) is 6.89. The van der Waals surface area contributed by atoms with E-state index in [2.05, 4.69) is 6.92 Å². The third kappa shape index (κ3) is 7.35. The molecule has 0 spiro atoms. The van der Waals surface area contributed by atoms with Crippen LogP contribution in [0.5, 0.6) is 0 Å². The second-order valence-corrected chi connectivity index (χ2v) is 8.47. The molecule has 2 rings (SSSR count). The Morgan fingerprint density at radius 2 is 1.48 bits per heavy atom. The standard InChI is InChI=1S/C24H36F2O/c1-3-4-5-6-7-8-9-10-19-11-13-20(14-12-19)21-15-17-22(18-16-21)23(27)24(2,25)26/h15-20H,3-14H2,1-2H3/t19-,20-. The fourth-order valence-electron chi connectivity index (χ4n) is 4.33. The van der Waals surface area contributed by atoms with Crippen molar-refractivity contribution in [3.05, 3.63) is 35.4 Å². The number of ketones is 1. The number of benzene rings is 1. The third-order valence-electron chi connectivity index (χ3n) is 6.11. The number of halogens is 2. The molecule has 1 aromatic rings. The molecule has 27 heavy (non-hydrogen) atoms. The maximum Gasteiger partial charge on any atom is 0.307 e. The summed E-state index contributed by atoms with van der Waals surface area (Å²) in [6.07, 6.45) is 15.9. The van der Waals surface area contributed by atoms with E-state index in [9.17, 15) is 13.6 Å². The van der Waals surface area contributed by atoms with Crippen LogP contribution in [0.4, 0.5) is 8.78 Å². The van der Waals surface area contributed by atoms with Gasteiger partial charge in [0.1, 0.15) is 0 Å². The molecule has 0 aromatic heterocycles. The van der Waals surface area contributed by atoms with Gasteiger partial charge in [0.25, 0.3) is 0 Å². The zero-order chi connectivity index (χ0) is 19.7. The molecule has 0 unspecified atom stereocenters. The lowest BCUT2D eigenvalue weighted by Gasteiger charge is -2.29. The summed E-state index contributed by atoms with van der Waals surface area (Å²) >= 11 is 0. The SMILES string of the molecule is CCCCCCCCC[C@H]1CC[C@H](c2ccc(C(=O)C(C)(F)F)cc2)CC1. The van der Waals surface area contributed by atoms with Crippen LogP contribution in [-0.2, 0) is 0 Å². The van der Waals surface area contributed by atoms with Crippen LogP contribution in [0.15, 0.2) is 24.3 Å². The summed E-state index contributed by atoms with van der Waals surface area (Å²) in [7, 11) is 0. The van der Waals surface area contributed by atoms with Crippen LogP contribution < -0.4 is 0 Å². The quantitative estimate of drug-likeness (QED) is 0.282. The summed E-state index contributed by atoms with van der Waals surface area (Å²) < 4.78 is 26.3. The van der Waals surface area contributed by atoms with Crippen molar-refractivity contribution in [2.45, 2.75) is 103 Å². The number of carbonyl (C=O) groups excluding carboxylic acids is 1. The van der Waals surface area contributed by atoms with E-state index in [-0.39, 0.29) is 5.56 Å². The highest BCUT2D eigenvalue weighted by Crippen LogP contribution is 2.38.